The molecular formula is C19H16F23N2O3+. The van der Waals surface area contributed by atoms with Crippen LogP contribution >= 0.6 is 0 Å². The average molecular weight is 757 g/mol. The van der Waals surface area contributed by atoms with Crippen LogP contribution in [0.4, 0.5) is 101 Å². The van der Waals surface area contributed by atoms with Gasteiger partial charge in [-0.25, -0.2) is 4.79 Å². The second-order valence-electron chi connectivity index (χ2n) is 10.1. The molecule has 47 heavy (non-hydrogen) atoms. The molecule has 280 valence electrons. The van der Waals surface area contributed by atoms with Gasteiger partial charge in [-0.15, -0.1) is 0 Å². The first-order valence-electron chi connectivity index (χ1n) is 11.2. The number of quaternary nitrogens is 1. The molecule has 0 aromatic rings. The van der Waals surface area contributed by atoms with E-state index in [1.54, 1.807) is 0 Å². The Balaban J connectivity index is 6.75. The lowest BCUT2D eigenvalue weighted by atomic mass is 9.85. The Labute approximate surface area is 244 Å². The van der Waals surface area contributed by atoms with E-state index in [0.717, 1.165) is 14.1 Å². The fourth-order valence-electron chi connectivity index (χ4n) is 3.16. The van der Waals surface area contributed by atoms with Crippen molar-refractivity contribution in [1.29, 1.82) is 0 Å². The zero-order valence-corrected chi connectivity index (χ0v) is 22.2. The van der Waals surface area contributed by atoms with Crippen molar-refractivity contribution in [3.05, 3.63) is 0 Å². The Bertz CT molecular complexity index is 1160. The van der Waals surface area contributed by atoms with E-state index in [0.29, 0.717) is 5.32 Å². The Morgan fingerprint density at radius 3 is 1.06 bits per heavy atom. The van der Waals surface area contributed by atoms with E-state index in [1.807, 2.05) is 0 Å². The van der Waals surface area contributed by atoms with Crippen molar-refractivity contribution in [3.63, 3.8) is 0 Å². The Morgan fingerprint density at radius 2 is 0.787 bits per heavy atom. The van der Waals surface area contributed by atoms with Crippen molar-refractivity contribution in [2.75, 3.05) is 33.7 Å². The van der Waals surface area contributed by atoms with Gasteiger partial charge in [0.25, 0.3) is 5.91 Å². The molecule has 0 saturated carbocycles. The summed E-state index contributed by atoms with van der Waals surface area (Å²) >= 11 is 0. The first kappa shape index (κ1) is 44.3. The maximum Gasteiger partial charge on any atom is 0.460 e. The number of nitrogens with one attached hydrogen (secondary N) is 1. The number of hydrogen-bond acceptors (Lipinski definition) is 2. The van der Waals surface area contributed by atoms with Crippen LogP contribution in [0.25, 0.3) is 0 Å². The lowest BCUT2D eigenvalue weighted by Crippen LogP contribution is -2.78. The summed E-state index contributed by atoms with van der Waals surface area (Å²) in [5, 5.41) is 9.27. The zero-order valence-electron chi connectivity index (χ0n) is 22.2. The molecule has 0 atom stereocenters. The molecule has 0 aromatic carbocycles. The minimum atomic E-state index is -9.52. The number of carboxylic acid groups (broad SMARTS) is 1. The Kier molecular flexibility index (Phi) is 11.3. The predicted octanol–water partition coefficient (Wildman–Crippen LogP) is 6.57. The third kappa shape index (κ3) is 6.53. The van der Waals surface area contributed by atoms with Gasteiger partial charge in [0.05, 0.1) is 20.6 Å². The summed E-state index contributed by atoms with van der Waals surface area (Å²) in [5.41, 5.74) is 0. The van der Waals surface area contributed by atoms with Crippen molar-refractivity contribution in [2.45, 2.75) is 71.8 Å². The van der Waals surface area contributed by atoms with Crippen LogP contribution < -0.4 is 5.32 Å². The van der Waals surface area contributed by atoms with E-state index in [-0.39, 0.29) is 0 Å². The summed E-state index contributed by atoms with van der Waals surface area (Å²) in [6.45, 7) is -2.60. The molecule has 0 fully saturated rings. The van der Waals surface area contributed by atoms with Gasteiger partial charge in [-0.05, 0) is 0 Å². The smallest absolute Gasteiger partial charge is 0.460 e. The highest BCUT2D eigenvalue weighted by atomic mass is 19.4. The van der Waals surface area contributed by atoms with Gasteiger partial charge >= 0.3 is 71.4 Å². The number of aliphatic carboxylic acids is 1. The molecule has 0 rings (SSSR count). The SMILES string of the molecule is C[N+](C)(CCCNC(=O)C(F)(F)C(F)(F)C(F)(F)C(F)(F)C(F)(F)C(F)(F)C(F)(F)C(F)(F)C(F)(F)C(F)(F)C(F)(F)F)CC(=O)O. The predicted molar refractivity (Wildman–Crippen MR) is 103 cm³/mol. The number of carbonyl (C=O) groups excluding carboxylic acids is 1. The number of carbonyl (C=O) groups is 2. The van der Waals surface area contributed by atoms with Gasteiger partial charge in [0.1, 0.15) is 0 Å². The molecule has 0 aliphatic heterocycles. The number of likely N-dealkylation sites (N-methyl/N-ethyl adjacent to an activating group) is 1. The number of carboxylic acids is 1. The molecule has 0 aliphatic carbocycles. The molecule has 0 bridgehead atoms. The van der Waals surface area contributed by atoms with E-state index >= 15 is 0 Å². The van der Waals surface area contributed by atoms with Crippen LogP contribution in [-0.4, -0.2) is 121 Å². The molecule has 0 unspecified atom stereocenters. The van der Waals surface area contributed by atoms with Crippen LogP contribution in [0.15, 0.2) is 0 Å². The molecule has 0 aromatic heterocycles. The van der Waals surface area contributed by atoms with Gasteiger partial charge in [0, 0.05) is 13.0 Å². The van der Waals surface area contributed by atoms with E-state index in [1.165, 1.54) is 0 Å². The normalized spacial score (nSPS) is 15.9. The van der Waals surface area contributed by atoms with E-state index in [9.17, 15) is 111 Å². The maximum atomic E-state index is 13.9. The average Bonchev–Trinajstić information content (AvgIpc) is 2.83. The first-order chi connectivity index (χ1) is 20.0. The maximum absolute atomic E-state index is 13.9. The van der Waals surface area contributed by atoms with Crippen LogP contribution in [-0.2, 0) is 9.59 Å². The Morgan fingerprint density at radius 1 is 0.511 bits per heavy atom. The van der Waals surface area contributed by atoms with Crippen molar-refractivity contribution < 1.29 is 120 Å². The number of nitrogens with zero attached hydrogens (tertiary/aromatic N) is 1. The van der Waals surface area contributed by atoms with Crippen molar-refractivity contribution in [2.24, 2.45) is 0 Å². The number of amides is 1. The molecular weight excluding hydrogens is 741 g/mol. The second-order valence-corrected chi connectivity index (χ2v) is 10.1. The van der Waals surface area contributed by atoms with E-state index < -0.39 is 108 Å². The lowest BCUT2D eigenvalue weighted by molar-refractivity contribution is -0.883. The highest BCUT2D eigenvalue weighted by molar-refractivity contribution is 5.84. The minimum absolute atomic E-state index is 0.489. The van der Waals surface area contributed by atoms with Crippen molar-refractivity contribution in [1.82, 2.24) is 5.32 Å². The molecule has 2 N–H and O–H groups in total. The lowest BCUT2D eigenvalue weighted by Gasteiger charge is -2.45. The van der Waals surface area contributed by atoms with E-state index in [4.69, 9.17) is 5.11 Å². The molecule has 0 heterocycles. The Hall–Kier alpha value is -2.71. The van der Waals surface area contributed by atoms with Gasteiger partial charge in [-0.1, -0.05) is 0 Å². The largest absolute Gasteiger partial charge is 0.477 e. The summed E-state index contributed by atoms with van der Waals surface area (Å²) in [4.78, 5) is 22.0. The standard InChI is InChI=1S/C19H15F23N2O3/c1-44(2,6-7(45)46)5-3-4-43-8(47)9(20,21)10(22,23)11(24,25)12(26,27)13(28,29)14(30,31)15(32,33)16(34,35)17(36,37)18(38,39)19(40,41)42/h3-6H2,1-2H3,(H-,43,45,46,47)/p+1. The summed E-state index contributed by atoms with van der Waals surface area (Å²) < 4.78 is 308. The quantitative estimate of drug-likeness (QED) is 0.107. The van der Waals surface area contributed by atoms with Crippen LogP contribution in [0.5, 0.6) is 0 Å². The molecule has 0 radical (unpaired) electrons. The van der Waals surface area contributed by atoms with Gasteiger partial charge < -0.3 is 14.9 Å². The minimum Gasteiger partial charge on any atom is -0.477 e. The van der Waals surface area contributed by atoms with E-state index in [2.05, 4.69) is 0 Å². The molecule has 28 heteroatoms. The van der Waals surface area contributed by atoms with Gasteiger partial charge in [-0.3, -0.25) is 4.79 Å². The molecule has 0 spiro atoms. The summed E-state index contributed by atoms with van der Waals surface area (Å²) in [6, 6.07) is 0. The van der Waals surface area contributed by atoms with Crippen molar-refractivity contribution in [3.8, 4) is 0 Å². The van der Waals surface area contributed by atoms with Crippen LogP contribution in [0.2, 0.25) is 0 Å². The van der Waals surface area contributed by atoms with Crippen LogP contribution in [0.3, 0.4) is 0 Å². The number of alkyl halides is 23. The van der Waals surface area contributed by atoms with Gasteiger partial charge in [0.2, 0.25) is 0 Å². The highest BCUT2D eigenvalue weighted by Gasteiger charge is 2.99. The van der Waals surface area contributed by atoms with Gasteiger partial charge in [-0.2, -0.15) is 101 Å². The second kappa shape index (κ2) is 12.0. The van der Waals surface area contributed by atoms with Gasteiger partial charge in [0.15, 0.2) is 6.54 Å². The fourth-order valence-corrected chi connectivity index (χ4v) is 3.16. The van der Waals surface area contributed by atoms with Crippen molar-refractivity contribution >= 4 is 11.9 Å². The summed E-state index contributed by atoms with van der Waals surface area (Å²) in [5.74, 6) is -95.0. The van der Waals surface area contributed by atoms with Crippen LogP contribution in [0.1, 0.15) is 6.42 Å². The molecule has 5 nitrogen and oxygen atoms in total. The third-order valence-electron chi connectivity index (χ3n) is 5.98. The van der Waals surface area contributed by atoms with Crippen LogP contribution in [0, 0.1) is 0 Å². The fraction of sp³-hybridized carbons (Fsp3) is 0.895. The number of rotatable bonds is 16. The molecule has 1 amide bonds. The number of halogens is 23. The number of hydrogen-bond donors (Lipinski definition) is 2. The summed E-state index contributed by atoms with van der Waals surface area (Å²) in [7, 11) is 2.22. The first-order valence-corrected chi connectivity index (χ1v) is 11.2. The molecule has 0 aliphatic rings. The third-order valence-corrected chi connectivity index (χ3v) is 5.98. The monoisotopic (exact) mass is 757 g/mol. The molecule has 0 saturated heterocycles. The zero-order chi connectivity index (χ0) is 38.7. The highest BCUT2D eigenvalue weighted by Crippen LogP contribution is 2.67. The topological polar surface area (TPSA) is 66.4 Å². The summed E-state index contributed by atoms with van der Waals surface area (Å²) in [6.07, 6.45) is -8.89.